The Morgan fingerprint density at radius 1 is 0.972 bits per heavy atom. The highest BCUT2D eigenvalue weighted by molar-refractivity contribution is 7.14. The molecule has 1 amide bonds. The van der Waals surface area contributed by atoms with Crippen LogP contribution in [0.3, 0.4) is 0 Å². The Morgan fingerprint density at radius 3 is 2.36 bits per heavy atom. The van der Waals surface area contributed by atoms with E-state index in [-0.39, 0.29) is 0 Å². The van der Waals surface area contributed by atoms with E-state index in [2.05, 4.69) is 27.7 Å². The van der Waals surface area contributed by atoms with Gasteiger partial charge in [-0.15, -0.1) is 11.3 Å². The van der Waals surface area contributed by atoms with Crippen molar-refractivity contribution in [3.63, 3.8) is 0 Å². The fourth-order valence-electron chi connectivity index (χ4n) is 3.69. The molecule has 0 radical (unpaired) electrons. The van der Waals surface area contributed by atoms with Gasteiger partial charge in [0.25, 0.3) is 5.91 Å². The van der Waals surface area contributed by atoms with Crippen LogP contribution in [-0.4, -0.2) is 42.2 Å². The predicted octanol–water partition coefficient (Wildman–Crippen LogP) is 4.88. The molecule has 3 aromatic carbocycles. The molecule has 184 valence electrons. The minimum atomic E-state index is -1.08. The molecule has 0 atom stereocenters. The van der Waals surface area contributed by atoms with Crippen LogP contribution >= 0.6 is 11.3 Å². The first-order valence-corrected chi connectivity index (χ1v) is 12.4. The number of carboxylic acids is 1. The van der Waals surface area contributed by atoms with Crippen LogP contribution in [0, 0.1) is 0 Å². The molecule has 0 unspecified atom stereocenters. The number of thiazole rings is 1. The first kappa shape index (κ1) is 24.9. The fraction of sp³-hybridized carbons (Fsp3) is 0.179. The first-order valence-electron chi connectivity index (χ1n) is 11.5. The highest BCUT2D eigenvalue weighted by atomic mass is 32.1. The molecule has 7 nitrogen and oxygen atoms in total. The van der Waals surface area contributed by atoms with Crippen molar-refractivity contribution < 1.29 is 19.4 Å². The zero-order valence-electron chi connectivity index (χ0n) is 19.9. The summed E-state index contributed by atoms with van der Waals surface area (Å²) in [5.74, 6) is -0.681. The highest BCUT2D eigenvalue weighted by Crippen LogP contribution is 2.29. The molecule has 0 spiro atoms. The zero-order valence-corrected chi connectivity index (χ0v) is 20.7. The van der Waals surface area contributed by atoms with E-state index in [1.54, 1.807) is 30.6 Å². The average Bonchev–Trinajstić information content (AvgIpc) is 3.41. The Labute approximate surface area is 214 Å². The Balaban J connectivity index is 1.51. The van der Waals surface area contributed by atoms with Gasteiger partial charge in [0.05, 0.1) is 12.8 Å². The molecular formula is C28H27N3O4S. The second-order valence-corrected chi connectivity index (χ2v) is 9.01. The summed E-state index contributed by atoms with van der Waals surface area (Å²) in [6, 6.07) is 25.4. The second kappa shape index (κ2) is 12.0. The van der Waals surface area contributed by atoms with Crippen LogP contribution in [0.5, 0.6) is 5.75 Å². The van der Waals surface area contributed by atoms with Gasteiger partial charge in [-0.2, -0.15) is 0 Å². The van der Waals surface area contributed by atoms with Crippen LogP contribution in [0.25, 0.3) is 11.3 Å². The summed E-state index contributed by atoms with van der Waals surface area (Å²) in [6.45, 7) is 0.994. The molecular weight excluding hydrogens is 474 g/mol. The van der Waals surface area contributed by atoms with Gasteiger partial charge >= 0.3 is 5.97 Å². The molecule has 0 saturated heterocycles. The molecule has 8 heteroatoms. The molecule has 2 N–H and O–H groups in total. The Morgan fingerprint density at radius 2 is 1.69 bits per heavy atom. The maximum atomic E-state index is 12.1. The SMILES string of the molecule is COc1ccc(-c2csc(N(CCc3ccccc3)Cc3ccc(C(=O)NCC(=O)O)cc3)n2)cc1. The summed E-state index contributed by atoms with van der Waals surface area (Å²) in [7, 11) is 1.65. The number of ether oxygens (including phenoxy) is 1. The third kappa shape index (κ3) is 6.70. The second-order valence-electron chi connectivity index (χ2n) is 8.17. The lowest BCUT2D eigenvalue weighted by Gasteiger charge is -2.22. The maximum absolute atomic E-state index is 12.1. The summed E-state index contributed by atoms with van der Waals surface area (Å²) in [4.78, 5) is 30.0. The zero-order chi connectivity index (χ0) is 25.3. The summed E-state index contributed by atoms with van der Waals surface area (Å²) in [5, 5.41) is 14.1. The molecule has 1 aromatic heterocycles. The Kier molecular flexibility index (Phi) is 8.31. The molecule has 0 fully saturated rings. The molecule has 4 aromatic rings. The summed E-state index contributed by atoms with van der Waals surface area (Å²) >= 11 is 1.60. The van der Waals surface area contributed by atoms with Gasteiger partial charge in [-0.1, -0.05) is 42.5 Å². The van der Waals surface area contributed by atoms with Crippen LogP contribution in [0.15, 0.2) is 84.2 Å². The lowest BCUT2D eigenvalue weighted by Crippen LogP contribution is -2.29. The van der Waals surface area contributed by atoms with E-state index in [9.17, 15) is 9.59 Å². The van der Waals surface area contributed by atoms with E-state index < -0.39 is 18.4 Å². The highest BCUT2D eigenvalue weighted by Gasteiger charge is 2.14. The number of anilines is 1. The van der Waals surface area contributed by atoms with Crippen molar-refractivity contribution in [1.82, 2.24) is 10.3 Å². The van der Waals surface area contributed by atoms with Crippen LogP contribution < -0.4 is 15.0 Å². The number of aromatic nitrogens is 1. The molecule has 36 heavy (non-hydrogen) atoms. The van der Waals surface area contributed by atoms with Crippen molar-refractivity contribution in [2.75, 3.05) is 25.1 Å². The smallest absolute Gasteiger partial charge is 0.322 e. The van der Waals surface area contributed by atoms with Crippen molar-refractivity contribution in [2.45, 2.75) is 13.0 Å². The molecule has 0 aliphatic rings. The van der Waals surface area contributed by atoms with Gasteiger partial charge in [-0.05, 0) is 53.9 Å². The largest absolute Gasteiger partial charge is 0.497 e. The molecule has 0 bridgehead atoms. The van der Waals surface area contributed by atoms with Crippen LogP contribution in [0.4, 0.5) is 5.13 Å². The van der Waals surface area contributed by atoms with Gasteiger partial charge in [0, 0.05) is 29.6 Å². The normalized spacial score (nSPS) is 10.6. The number of hydrogen-bond acceptors (Lipinski definition) is 6. The molecule has 0 aliphatic carbocycles. The van der Waals surface area contributed by atoms with E-state index in [0.717, 1.165) is 40.7 Å². The third-order valence-corrected chi connectivity index (χ3v) is 6.55. The number of carbonyl (C=O) groups excluding carboxylic acids is 1. The number of rotatable bonds is 11. The summed E-state index contributed by atoms with van der Waals surface area (Å²) in [6.07, 6.45) is 0.869. The van der Waals surface area contributed by atoms with Crippen molar-refractivity contribution in [3.8, 4) is 17.0 Å². The van der Waals surface area contributed by atoms with Crippen LogP contribution in [0.2, 0.25) is 0 Å². The number of hydrogen-bond donors (Lipinski definition) is 2. The van der Waals surface area contributed by atoms with Gasteiger partial charge in [-0.3, -0.25) is 9.59 Å². The summed E-state index contributed by atoms with van der Waals surface area (Å²) in [5.41, 5.74) is 4.64. The Hall–Kier alpha value is -4.17. The monoisotopic (exact) mass is 501 g/mol. The Bertz CT molecular complexity index is 1290. The number of carboxylic acid groups (broad SMARTS) is 1. The lowest BCUT2D eigenvalue weighted by molar-refractivity contribution is -0.135. The number of benzene rings is 3. The van der Waals surface area contributed by atoms with Crippen molar-refractivity contribution in [1.29, 1.82) is 0 Å². The van der Waals surface area contributed by atoms with E-state index in [1.165, 1.54) is 5.56 Å². The lowest BCUT2D eigenvalue weighted by atomic mass is 10.1. The van der Waals surface area contributed by atoms with E-state index in [4.69, 9.17) is 14.8 Å². The third-order valence-electron chi connectivity index (χ3n) is 5.65. The van der Waals surface area contributed by atoms with Crippen molar-refractivity contribution in [2.24, 2.45) is 0 Å². The first-order chi connectivity index (χ1) is 17.5. The fourth-order valence-corrected chi connectivity index (χ4v) is 4.56. The van der Waals surface area contributed by atoms with Crippen molar-refractivity contribution >= 4 is 28.3 Å². The van der Waals surface area contributed by atoms with Gasteiger partial charge in [-0.25, -0.2) is 4.98 Å². The molecule has 0 saturated carbocycles. The molecule has 0 aliphatic heterocycles. The number of carbonyl (C=O) groups is 2. The minimum Gasteiger partial charge on any atom is -0.497 e. The van der Waals surface area contributed by atoms with E-state index in [0.29, 0.717) is 12.1 Å². The minimum absolute atomic E-state index is 0.408. The predicted molar refractivity (Wildman–Crippen MR) is 142 cm³/mol. The topological polar surface area (TPSA) is 91.8 Å². The van der Waals surface area contributed by atoms with Crippen LogP contribution in [-0.2, 0) is 17.8 Å². The van der Waals surface area contributed by atoms with Gasteiger partial charge < -0.3 is 20.1 Å². The summed E-state index contributed by atoms with van der Waals surface area (Å²) < 4.78 is 5.26. The number of methoxy groups -OCH3 is 1. The van der Waals surface area contributed by atoms with E-state index in [1.807, 2.05) is 54.6 Å². The van der Waals surface area contributed by atoms with Gasteiger partial charge in [0.15, 0.2) is 5.13 Å². The van der Waals surface area contributed by atoms with Crippen LogP contribution in [0.1, 0.15) is 21.5 Å². The maximum Gasteiger partial charge on any atom is 0.322 e. The van der Waals surface area contributed by atoms with Gasteiger partial charge in [0.2, 0.25) is 0 Å². The van der Waals surface area contributed by atoms with Crippen molar-refractivity contribution in [3.05, 3.63) is 101 Å². The van der Waals surface area contributed by atoms with Gasteiger partial charge in [0.1, 0.15) is 12.3 Å². The molecule has 1 heterocycles. The number of nitrogens with one attached hydrogen (secondary N) is 1. The van der Waals surface area contributed by atoms with E-state index >= 15 is 0 Å². The number of aliphatic carboxylic acids is 1. The number of amides is 1. The molecule has 4 rings (SSSR count). The standard InChI is InChI=1S/C28H27N3O4S/c1-35-24-13-11-22(12-14-24)25-19-36-28(30-25)31(16-15-20-5-3-2-4-6-20)18-21-7-9-23(10-8-21)27(34)29-17-26(32)33/h2-14,19H,15-18H2,1H3,(H,29,34)(H,32,33). The average molecular weight is 502 g/mol. The number of nitrogens with zero attached hydrogens (tertiary/aromatic N) is 2. The quantitative estimate of drug-likeness (QED) is 0.304.